The molecular formula is C29H41N7. The second-order valence-electron chi connectivity index (χ2n) is 9.81. The number of nitrogens with zero attached hydrogens (tertiary/aromatic N) is 6. The highest BCUT2D eigenvalue weighted by atomic mass is 15.3. The van der Waals surface area contributed by atoms with Crippen LogP contribution in [-0.2, 0) is 6.42 Å². The number of pyridine rings is 1. The summed E-state index contributed by atoms with van der Waals surface area (Å²) < 4.78 is 0. The molecule has 3 heterocycles. The number of hydrogen-bond acceptors (Lipinski definition) is 7. The number of anilines is 5. The lowest BCUT2D eigenvalue weighted by molar-refractivity contribution is 0.607. The number of piperazine rings is 1. The summed E-state index contributed by atoms with van der Waals surface area (Å²) in [4.78, 5) is 20.8. The van der Waals surface area contributed by atoms with Gasteiger partial charge in [-0.05, 0) is 42.7 Å². The first-order valence-electron chi connectivity index (χ1n) is 13.5. The zero-order chi connectivity index (χ0) is 25.2. The Morgan fingerprint density at radius 1 is 0.833 bits per heavy atom. The van der Waals surface area contributed by atoms with Gasteiger partial charge in [0.15, 0.2) is 0 Å². The van der Waals surface area contributed by atoms with Crippen molar-refractivity contribution in [1.29, 1.82) is 0 Å². The Kier molecular flexibility index (Phi) is 9.36. The summed E-state index contributed by atoms with van der Waals surface area (Å²) in [5.41, 5.74) is 2.45. The van der Waals surface area contributed by atoms with E-state index in [0.717, 1.165) is 61.7 Å². The number of nitrogens with one attached hydrogen (secondary N) is 1. The first-order valence-corrected chi connectivity index (χ1v) is 13.5. The van der Waals surface area contributed by atoms with Gasteiger partial charge in [-0.2, -0.15) is 9.97 Å². The van der Waals surface area contributed by atoms with Crippen molar-refractivity contribution in [2.75, 3.05) is 60.3 Å². The molecular weight excluding hydrogens is 446 g/mol. The molecule has 36 heavy (non-hydrogen) atoms. The van der Waals surface area contributed by atoms with Crippen LogP contribution in [0.2, 0.25) is 0 Å². The first-order chi connectivity index (χ1) is 17.6. The van der Waals surface area contributed by atoms with Gasteiger partial charge >= 0.3 is 0 Å². The monoisotopic (exact) mass is 487 g/mol. The molecule has 1 aliphatic heterocycles. The topological polar surface area (TPSA) is 60.4 Å². The van der Waals surface area contributed by atoms with Gasteiger partial charge in [-0.1, -0.05) is 57.2 Å². The Morgan fingerprint density at radius 3 is 2.25 bits per heavy atom. The van der Waals surface area contributed by atoms with Crippen molar-refractivity contribution in [2.24, 2.45) is 0 Å². The molecule has 7 nitrogen and oxygen atoms in total. The smallest absolute Gasteiger partial charge is 0.229 e. The van der Waals surface area contributed by atoms with Crippen molar-refractivity contribution in [3.8, 4) is 0 Å². The van der Waals surface area contributed by atoms with Gasteiger partial charge in [0.25, 0.3) is 0 Å². The third-order valence-corrected chi connectivity index (χ3v) is 6.74. The molecule has 1 saturated heterocycles. The van der Waals surface area contributed by atoms with E-state index in [1.807, 2.05) is 43.4 Å². The van der Waals surface area contributed by atoms with E-state index < -0.39 is 0 Å². The minimum Gasteiger partial charge on any atom is -0.363 e. The highest BCUT2D eigenvalue weighted by molar-refractivity contribution is 5.62. The van der Waals surface area contributed by atoms with Gasteiger partial charge in [0, 0.05) is 58.2 Å². The van der Waals surface area contributed by atoms with E-state index >= 15 is 0 Å². The van der Waals surface area contributed by atoms with E-state index in [9.17, 15) is 0 Å². The van der Waals surface area contributed by atoms with Crippen LogP contribution in [0, 0.1) is 0 Å². The molecule has 1 fully saturated rings. The van der Waals surface area contributed by atoms with Gasteiger partial charge < -0.3 is 20.0 Å². The first kappa shape index (κ1) is 25.7. The van der Waals surface area contributed by atoms with E-state index in [2.05, 4.69) is 57.4 Å². The van der Waals surface area contributed by atoms with Crippen molar-refractivity contribution in [3.63, 3.8) is 0 Å². The molecule has 0 spiro atoms. The number of hydrogen-bond donors (Lipinski definition) is 1. The quantitative estimate of drug-likeness (QED) is 0.319. The number of unbranched alkanes of at least 4 members (excludes halogenated alkanes) is 5. The van der Waals surface area contributed by atoms with Gasteiger partial charge in [0.05, 0.1) is 0 Å². The van der Waals surface area contributed by atoms with Crippen LogP contribution >= 0.6 is 0 Å². The van der Waals surface area contributed by atoms with Crippen molar-refractivity contribution in [3.05, 3.63) is 60.3 Å². The highest BCUT2D eigenvalue weighted by Crippen LogP contribution is 2.24. The fourth-order valence-corrected chi connectivity index (χ4v) is 4.55. The maximum Gasteiger partial charge on any atom is 0.229 e. The Balaban J connectivity index is 1.36. The van der Waals surface area contributed by atoms with E-state index in [0.29, 0.717) is 0 Å². The van der Waals surface area contributed by atoms with Crippen LogP contribution in [0.15, 0.2) is 54.7 Å². The Labute approximate surface area is 216 Å². The normalized spacial score (nSPS) is 13.6. The standard InChI is InChI=1S/C29H41N7/c1-4-5-6-7-8-9-12-24-14-16-25(17-15-24)31-26-23-28(34(2)3)33-29(32-26)36-21-19-35(20-22-36)27-13-10-11-18-30-27/h10-11,13-18,23H,4-9,12,19-22H2,1-3H3,(H,31,32,33). The molecule has 1 aliphatic rings. The molecule has 1 aromatic carbocycles. The molecule has 0 bridgehead atoms. The third-order valence-electron chi connectivity index (χ3n) is 6.74. The molecule has 0 radical (unpaired) electrons. The summed E-state index contributed by atoms with van der Waals surface area (Å²) in [6, 6.07) is 16.9. The van der Waals surface area contributed by atoms with Crippen LogP contribution in [0.5, 0.6) is 0 Å². The lowest BCUT2D eigenvalue weighted by atomic mass is 10.0. The van der Waals surface area contributed by atoms with Crippen molar-refractivity contribution in [2.45, 2.75) is 51.9 Å². The van der Waals surface area contributed by atoms with Crippen LogP contribution in [0.4, 0.5) is 29.1 Å². The summed E-state index contributed by atoms with van der Waals surface area (Å²) >= 11 is 0. The van der Waals surface area contributed by atoms with Crippen LogP contribution in [-0.4, -0.2) is 55.2 Å². The van der Waals surface area contributed by atoms with E-state index in [-0.39, 0.29) is 0 Å². The summed E-state index contributed by atoms with van der Waals surface area (Å²) in [7, 11) is 4.04. The Morgan fingerprint density at radius 2 is 1.56 bits per heavy atom. The average molecular weight is 488 g/mol. The molecule has 0 saturated carbocycles. The minimum atomic E-state index is 0.768. The van der Waals surface area contributed by atoms with Crippen LogP contribution < -0.4 is 20.0 Å². The minimum absolute atomic E-state index is 0.768. The average Bonchev–Trinajstić information content (AvgIpc) is 2.92. The zero-order valence-electron chi connectivity index (χ0n) is 22.2. The maximum absolute atomic E-state index is 4.88. The predicted octanol–water partition coefficient (Wildman–Crippen LogP) is 5.91. The van der Waals surface area contributed by atoms with Gasteiger partial charge in [-0.3, -0.25) is 0 Å². The van der Waals surface area contributed by atoms with Crippen molar-refractivity contribution >= 4 is 29.1 Å². The fraction of sp³-hybridized carbons (Fsp3) is 0.483. The fourth-order valence-electron chi connectivity index (χ4n) is 4.55. The molecule has 0 atom stereocenters. The number of aromatic nitrogens is 3. The van der Waals surface area contributed by atoms with Crippen molar-refractivity contribution < 1.29 is 0 Å². The third kappa shape index (κ3) is 7.33. The predicted molar refractivity (Wildman–Crippen MR) is 152 cm³/mol. The summed E-state index contributed by atoms with van der Waals surface area (Å²) in [5, 5.41) is 3.51. The molecule has 4 rings (SSSR count). The molecule has 0 unspecified atom stereocenters. The second kappa shape index (κ2) is 13.1. The second-order valence-corrected chi connectivity index (χ2v) is 9.81. The molecule has 192 valence electrons. The molecule has 7 heteroatoms. The van der Waals surface area contributed by atoms with Crippen LogP contribution in [0.1, 0.15) is 51.0 Å². The van der Waals surface area contributed by atoms with Crippen molar-refractivity contribution in [1.82, 2.24) is 15.0 Å². The lowest BCUT2D eigenvalue weighted by Gasteiger charge is -2.35. The van der Waals surface area contributed by atoms with Crippen LogP contribution in [0.25, 0.3) is 0 Å². The molecule has 0 aliphatic carbocycles. The maximum atomic E-state index is 4.88. The molecule has 1 N–H and O–H groups in total. The molecule has 2 aromatic heterocycles. The van der Waals surface area contributed by atoms with E-state index in [1.165, 1.54) is 44.1 Å². The Hall–Kier alpha value is -3.35. The van der Waals surface area contributed by atoms with Crippen LogP contribution in [0.3, 0.4) is 0 Å². The van der Waals surface area contributed by atoms with E-state index in [4.69, 9.17) is 9.97 Å². The number of rotatable bonds is 12. The largest absolute Gasteiger partial charge is 0.363 e. The summed E-state index contributed by atoms with van der Waals surface area (Å²) in [6.07, 6.45) is 11.0. The van der Waals surface area contributed by atoms with Gasteiger partial charge in [0.1, 0.15) is 17.5 Å². The highest BCUT2D eigenvalue weighted by Gasteiger charge is 2.21. The van der Waals surface area contributed by atoms with E-state index in [1.54, 1.807) is 0 Å². The lowest BCUT2D eigenvalue weighted by Crippen LogP contribution is -2.47. The SMILES string of the molecule is CCCCCCCCc1ccc(Nc2cc(N(C)C)nc(N3CCN(c4ccccn4)CC3)n2)cc1. The Bertz CT molecular complexity index is 1040. The molecule has 0 amide bonds. The molecule has 3 aromatic rings. The summed E-state index contributed by atoms with van der Waals surface area (Å²) in [5.74, 6) is 3.51. The van der Waals surface area contributed by atoms with Gasteiger partial charge in [-0.25, -0.2) is 4.98 Å². The summed E-state index contributed by atoms with van der Waals surface area (Å²) in [6.45, 7) is 5.79. The number of aryl methyl sites for hydroxylation is 1. The number of benzene rings is 1. The van der Waals surface area contributed by atoms with Gasteiger partial charge in [-0.15, -0.1) is 0 Å². The van der Waals surface area contributed by atoms with Gasteiger partial charge in [0.2, 0.25) is 5.95 Å². The zero-order valence-corrected chi connectivity index (χ0v) is 22.2.